The number of hydrogen-bond donors (Lipinski definition) is 1. The molecule has 0 bridgehead atoms. The first-order valence-corrected chi connectivity index (χ1v) is 8.54. The predicted octanol–water partition coefficient (Wildman–Crippen LogP) is 2.75. The quantitative estimate of drug-likeness (QED) is 0.725. The molecule has 0 saturated carbocycles. The minimum Gasteiger partial charge on any atom is -0.465 e. The van der Waals surface area contributed by atoms with Gasteiger partial charge in [0.1, 0.15) is 0 Å². The Morgan fingerprint density at radius 2 is 2.09 bits per heavy atom. The van der Waals surface area contributed by atoms with Gasteiger partial charge in [0.05, 0.1) is 22.3 Å². The van der Waals surface area contributed by atoms with Crippen molar-refractivity contribution in [2.45, 2.75) is 12.5 Å². The molecule has 1 N–H and O–H groups in total. The highest BCUT2D eigenvalue weighted by Gasteiger charge is 2.35. The number of halogens is 2. The van der Waals surface area contributed by atoms with E-state index in [0.29, 0.717) is 30.2 Å². The minimum atomic E-state index is -0.931. The number of carboxylic acid groups (broad SMARTS) is 1. The third-order valence-corrected chi connectivity index (χ3v) is 5.69. The van der Waals surface area contributed by atoms with Crippen molar-refractivity contribution in [3.8, 4) is 0 Å². The molecule has 0 aliphatic carbocycles. The van der Waals surface area contributed by atoms with Crippen LogP contribution in [-0.4, -0.2) is 66.2 Å². The molecule has 1 fully saturated rings. The second kappa shape index (κ2) is 6.20. The Hall–Kier alpha value is -1.47. The van der Waals surface area contributed by atoms with Crippen molar-refractivity contribution in [3.63, 3.8) is 0 Å². The van der Waals surface area contributed by atoms with E-state index in [-0.39, 0.29) is 11.9 Å². The summed E-state index contributed by atoms with van der Waals surface area (Å²) in [6.07, 6.45) is -0.203. The summed E-state index contributed by atoms with van der Waals surface area (Å²) < 4.78 is 0.755. The highest BCUT2D eigenvalue weighted by molar-refractivity contribution is 9.10. The number of benzene rings is 1. The molecule has 2 amide bonds. The summed E-state index contributed by atoms with van der Waals surface area (Å²) in [5.74, 6) is -0.0870. The second-order valence-corrected chi connectivity index (χ2v) is 7.14. The molecule has 1 aromatic rings. The second-order valence-electron chi connectivity index (χ2n) is 5.87. The third kappa shape index (κ3) is 2.99. The number of amides is 2. The summed E-state index contributed by atoms with van der Waals surface area (Å²) in [5, 5.41) is 9.68. The molecular weight excluding hydrogens is 386 g/mol. The Labute approximate surface area is 147 Å². The van der Waals surface area contributed by atoms with Crippen molar-refractivity contribution >= 4 is 45.2 Å². The maximum absolute atomic E-state index is 13.0. The minimum absolute atomic E-state index is 0.0870. The van der Waals surface area contributed by atoms with Crippen LogP contribution in [0.2, 0.25) is 5.02 Å². The van der Waals surface area contributed by atoms with Gasteiger partial charge in [0.2, 0.25) is 0 Å². The molecule has 6 nitrogen and oxygen atoms in total. The summed E-state index contributed by atoms with van der Waals surface area (Å²) in [4.78, 5) is 29.4. The van der Waals surface area contributed by atoms with Crippen molar-refractivity contribution in [3.05, 3.63) is 27.2 Å². The van der Waals surface area contributed by atoms with Gasteiger partial charge in [-0.25, -0.2) is 4.79 Å². The maximum Gasteiger partial charge on any atom is 0.407 e. The van der Waals surface area contributed by atoms with E-state index in [0.717, 1.165) is 23.1 Å². The van der Waals surface area contributed by atoms with E-state index in [4.69, 9.17) is 11.6 Å². The Bertz CT molecular complexity index is 670. The van der Waals surface area contributed by atoms with E-state index in [2.05, 4.69) is 15.9 Å². The van der Waals surface area contributed by atoms with E-state index in [1.807, 2.05) is 18.0 Å². The molecule has 0 aromatic heterocycles. The van der Waals surface area contributed by atoms with Crippen molar-refractivity contribution in [2.75, 3.05) is 38.1 Å². The van der Waals surface area contributed by atoms with E-state index < -0.39 is 6.09 Å². The molecule has 2 aliphatic rings. The van der Waals surface area contributed by atoms with Gasteiger partial charge in [-0.1, -0.05) is 11.6 Å². The number of piperazine rings is 1. The monoisotopic (exact) mass is 401 g/mol. The number of rotatable bonds is 0. The summed E-state index contributed by atoms with van der Waals surface area (Å²) in [6, 6.07) is 3.44. The molecule has 0 unspecified atom stereocenters. The van der Waals surface area contributed by atoms with Crippen molar-refractivity contribution in [2.24, 2.45) is 0 Å². The first-order chi connectivity index (χ1) is 10.9. The van der Waals surface area contributed by atoms with Crippen LogP contribution in [0.25, 0.3) is 0 Å². The number of hydrogen-bond acceptors (Lipinski definition) is 3. The Balaban J connectivity index is 1.98. The fraction of sp³-hybridized carbons (Fsp3) is 0.467. The van der Waals surface area contributed by atoms with E-state index in [1.165, 1.54) is 4.90 Å². The molecule has 2 aliphatic heterocycles. The molecule has 0 radical (unpaired) electrons. The number of carbonyl (C=O) groups is 2. The molecule has 1 aromatic carbocycles. The van der Waals surface area contributed by atoms with Crippen molar-refractivity contribution in [1.82, 2.24) is 9.80 Å². The topological polar surface area (TPSA) is 64.1 Å². The average molecular weight is 403 g/mol. The SMILES string of the molecule is CN1CC[C@H]2CN(C(=O)O)CCN2C(=O)c2cc(Cl)c(Br)cc21. The average Bonchev–Trinajstić information content (AvgIpc) is 2.52. The van der Waals surface area contributed by atoms with E-state index in [1.54, 1.807) is 11.0 Å². The van der Waals surface area contributed by atoms with Crippen LogP contribution in [0, 0.1) is 0 Å². The zero-order valence-electron chi connectivity index (χ0n) is 12.6. The molecule has 8 heteroatoms. The first-order valence-electron chi connectivity index (χ1n) is 7.37. The molecule has 3 rings (SSSR count). The summed E-state index contributed by atoms with van der Waals surface area (Å²) in [5.41, 5.74) is 1.40. The Morgan fingerprint density at radius 3 is 2.78 bits per heavy atom. The number of carbonyl (C=O) groups excluding carboxylic acids is 1. The van der Waals surface area contributed by atoms with Gasteiger partial charge in [-0.05, 0) is 34.5 Å². The highest BCUT2D eigenvalue weighted by Crippen LogP contribution is 2.34. The van der Waals surface area contributed by atoms with Crippen LogP contribution in [0.3, 0.4) is 0 Å². The summed E-state index contributed by atoms with van der Waals surface area (Å²) in [6.45, 7) is 1.84. The lowest BCUT2D eigenvalue weighted by Crippen LogP contribution is -2.57. The standard InChI is InChI=1S/C15H17BrClN3O3/c1-18-3-2-9-8-19(15(22)23)4-5-20(9)14(21)10-6-12(17)11(16)7-13(10)18/h6-7,9H,2-5,8H2,1H3,(H,22,23)/t9-/m0/s1. The van der Waals surface area contributed by atoms with Gasteiger partial charge >= 0.3 is 6.09 Å². The van der Waals surface area contributed by atoms with Gasteiger partial charge in [0.15, 0.2) is 0 Å². The van der Waals surface area contributed by atoms with E-state index >= 15 is 0 Å². The molecule has 2 heterocycles. The smallest absolute Gasteiger partial charge is 0.407 e. The fourth-order valence-electron chi connectivity index (χ4n) is 3.18. The van der Waals surface area contributed by atoms with Gasteiger partial charge in [0, 0.05) is 37.7 Å². The van der Waals surface area contributed by atoms with Crippen LogP contribution < -0.4 is 4.90 Å². The van der Waals surface area contributed by atoms with Crippen molar-refractivity contribution in [1.29, 1.82) is 0 Å². The largest absolute Gasteiger partial charge is 0.465 e. The number of nitrogens with zero attached hydrogens (tertiary/aromatic N) is 3. The van der Waals surface area contributed by atoms with Gasteiger partial charge in [-0.15, -0.1) is 0 Å². The predicted molar refractivity (Wildman–Crippen MR) is 91.5 cm³/mol. The van der Waals surface area contributed by atoms with Crippen molar-refractivity contribution < 1.29 is 14.7 Å². The zero-order valence-corrected chi connectivity index (χ0v) is 15.0. The van der Waals surface area contributed by atoms with Gasteiger partial charge in [-0.3, -0.25) is 4.79 Å². The summed E-state index contributed by atoms with van der Waals surface area (Å²) >= 11 is 9.57. The number of fused-ring (bicyclic) bond motifs is 2. The third-order valence-electron chi connectivity index (χ3n) is 4.49. The molecule has 0 spiro atoms. The Morgan fingerprint density at radius 1 is 1.35 bits per heavy atom. The van der Waals surface area contributed by atoms with Crippen LogP contribution in [-0.2, 0) is 0 Å². The van der Waals surface area contributed by atoms with Crippen LogP contribution in [0.1, 0.15) is 16.8 Å². The first kappa shape index (κ1) is 16.4. The molecule has 124 valence electrons. The van der Waals surface area contributed by atoms with Crippen LogP contribution in [0.4, 0.5) is 10.5 Å². The molecule has 23 heavy (non-hydrogen) atoms. The number of anilines is 1. The molecular formula is C15H17BrClN3O3. The van der Waals surface area contributed by atoms with Gasteiger partial charge in [-0.2, -0.15) is 0 Å². The van der Waals surface area contributed by atoms with Crippen LogP contribution >= 0.6 is 27.5 Å². The lowest BCUT2D eigenvalue weighted by molar-refractivity contribution is 0.0432. The zero-order chi connectivity index (χ0) is 16.7. The lowest BCUT2D eigenvalue weighted by Gasteiger charge is -2.43. The van der Waals surface area contributed by atoms with Gasteiger partial charge in [0.25, 0.3) is 5.91 Å². The van der Waals surface area contributed by atoms with E-state index in [9.17, 15) is 14.7 Å². The van der Waals surface area contributed by atoms with Crippen LogP contribution in [0.5, 0.6) is 0 Å². The fourth-order valence-corrected chi connectivity index (χ4v) is 3.68. The Kier molecular flexibility index (Phi) is 4.42. The molecule has 1 saturated heterocycles. The normalized spacial score (nSPS) is 21.4. The lowest BCUT2D eigenvalue weighted by atomic mass is 10.0. The molecule has 1 atom stereocenters. The van der Waals surface area contributed by atoms with Crippen LogP contribution in [0.15, 0.2) is 16.6 Å². The maximum atomic E-state index is 13.0. The summed E-state index contributed by atoms with van der Waals surface area (Å²) in [7, 11) is 1.93. The highest BCUT2D eigenvalue weighted by atomic mass is 79.9. The van der Waals surface area contributed by atoms with Gasteiger partial charge < -0.3 is 19.8 Å².